The molecule has 1 fully saturated rings. The first kappa shape index (κ1) is 17.8. The molecule has 1 aromatic rings. The van der Waals surface area contributed by atoms with Gasteiger partial charge in [0.2, 0.25) is 0 Å². The molecule has 2 aliphatic rings. The Labute approximate surface area is 144 Å². The number of hydrogen-bond donors (Lipinski definition) is 1. The van der Waals surface area contributed by atoms with Crippen LogP contribution in [0.3, 0.4) is 0 Å². The highest BCUT2D eigenvalue weighted by atomic mass is 16.6. The van der Waals surface area contributed by atoms with Crippen molar-refractivity contribution in [3.63, 3.8) is 0 Å². The van der Waals surface area contributed by atoms with Crippen molar-refractivity contribution in [1.82, 2.24) is 0 Å². The summed E-state index contributed by atoms with van der Waals surface area (Å²) in [5, 5.41) is 21.9. The Kier molecular flexibility index (Phi) is 4.77. The van der Waals surface area contributed by atoms with Crippen molar-refractivity contribution >= 4 is 11.5 Å². The smallest absolute Gasteiger partial charge is 0.270 e. The Bertz CT molecular complexity index is 692. The van der Waals surface area contributed by atoms with Gasteiger partial charge in [0, 0.05) is 37.6 Å². The lowest BCUT2D eigenvalue weighted by molar-refractivity contribution is -0.385. The monoisotopic (exact) mass is 351 g/mol. The van der Waals surface area contributed by atoms with E-state index in [0.29, 0.717) is 24.2 Å². The van der Waals surface area contributed by atoms with Crippen molar-refractivity contribution in [2.75, 3.05) is 13.7 Å². The number of nitro groups is 1. The van der Waals surface area contributed by atoms with Crippen LogP contribution in [-0.2, 0) is 14.3 Å². The lowest BCUT2D eigenvalue weighted by Gasteiger charge is -2.44. The Morgan fingerprint density at radius 1 is 1.48 bits per heavy atom. The highest BCUT2D eigenvalue weighted by Gasteiger charge is 2.48. The van der Waals surface area contributed by atoms with E-state index in [9.17, 15) is 20.0 Å². The van der Waals surface area contributed by atoms with Crippen molar-refractivity contribution in [2.24, 2.45) is 0 Å². The van der Waals surface area contributed by atoms with E-state index in [2.05, 4.69) is 0 Å². The van der Waals surface area contributed by atoms with E-state index in [1.807, 2.05) is 0 Å². The number of carbonyl (C=O) groups excluding carboxylic acids is 1. The molecule has 8 heteroatoms. The number of hydrogen-bond acceptors (Lipinski definition) is 7. The molecule has 136 valence electrons. The number of methoxy groups -OCH3 is 1. The molecule has 1 aliphatic heterocycles. The third-order valence-corrected chi connectivity index (χ3v) is 4.74. The number of rotatable bonds is 5. The van der Waals surface area contributed by atoms with Crippen LogP contribution in [0.5, 0.6) is 5.75 Å². The number of non-ortho nitro benzene ring substituents is 1. The van der Waals surface area contributed by atoms with E-state index in [1.54, 1.807) is 6.92 Å². The summed E-state index contributed by atoms with van der Waals surface area (Å²) in [6.45, 7) is 1.82. The Hall–Kier alpha value is -2.03. The normalized spacial score (nSPS) is 31.5. The largest absolute Gasteiger partial charge is 0.482 e. The van der Waals surface area contributed by atoms with Gasteiger partial charge in [0.1, 0.15) is 23.7 Å². The predicted octanol–water partition coefficient (Wildman–Crippen LogP) is 1.93. The number of nitro benzene ring substituents is 1. The topological polar surface area (TPSA) is 108 Å². The molecule has 0 spiro atoms. The second-order valence-electron chi connectivity index (χ2n) is 6.73. The quantitative estimate of drug-likeness (QED) is 0.638. The summed E-state index contributed by atoms with van der Waals surface area (Å²) in [5.74, 6) is 0.523. The summed E-state index contributed by atoms with van der Waals surface area (Å²) >= 11 is 0. The van der Waals surface area contributed by atoms with Crippen LogP contribution in [0.1, 0.15) is 37.9 Å². The fraction of sp³-hybridized carbons (Fsp3) is 0.588. The van der Waals surface area contributed by atoms with Gasteiger partial charge in [-0.1, -0.05) is 0 Å². The molecular formula is C17H21NO7. The predicted molar refractivity (Wildman–Crippen MR) is 86.5 cm³/mol. The zero-order chi connectivity index (χ0) is 18.2. The van der Waals surface area contributed by atoms with Crippen LogP contribution >= 0.6 is 0 Å². The minimum absolute atomic E-state index is 0.110. The number of benzene rings is 1. The van der Waals surface area contributed by atoms with Gasteiger partial charge in [-0.05, 0) is 19.4 Å². The van der Waals surface area contributed by atoms with E-state index in [-0.39, 0.29) is 30.6 Å². The maximum atomic E-state index is 11.5. The van der Waals surface area contributed by atoms with Gasteiger partial charge in [-0.15, -0.1) is 0 Å². The number of fused-ring (bicyclic) bond motifs is 1. The molecule has 0 bridgehead atoms. The van der Waals surface area contributed by atoms with Gasteiger partial charge in [-0.3, -0.25) is 14.9 Å². The molecule has 8 nitrogen and oxygen atoms in total. The molecule has 1 saturated carbocycles. The van der Waals surface area contributed by atoms with Crippen molar-refractivity contribution < 1.29 is 29.0 Å². The molecule has 4 atom stereocenters. The number of nitrogens with zero attached hydrogens (tertiary/aromatic N) is 1. The Morgan fingerprint density at radius 3 is 2.84 bits per heavy atom. The van der Waals surface area contributed by atoms with Crippen LogP contribution < -0.4 is 4.74 Å². The zero-order valence-electron chi connectivity index (χ0n) is 14.1. The van der Waals surface area contributed by atoms with Gasteiger partial charge < -0.3 is 19.3 Å². The molecule has 1 aliphatic carbocycles. The first-order valence-electron chi connectivity index (χ1n) is 8.15. The van der Waals surface area contributed by atoms with Crippen LogP contribution in [0, 0.1) is 10.1 Å². The lowest BCUT2D eigenvalue weighted by atomic mass is 9.87. The second-order valence-corrected chi connectivity index (χ2v) is 6.73. The summed E-state index contributed by atoms with van der Waals surface area (Å²) in [6.07, 6.45) is -0.938. The fourth-order valence-corrected chi connectivity index (χ4v) is 3.42. The standard InChI is InChI=1S/C17H21NO7/c1-17(9-23-2)16(20)15(24-12-5-4-11(19)8-12)13-7-10(18(21)22)3-6-14(13)25-17/h3,6-7,12,15-16,20H,4-5,8-9H2,1-2H3. The molecular weight excluding hydrogens is 330 g/mol. The number of aliphatic hydroxyl groups excluding tert-OH is 1. The van der Waals surface area contributed by atoms with Gasteiger partial charge in [-0.2, -0.15) is 0 Å². The van der Waals surface area contributed by atoms with Gasteiger partial charge in [0.25, 0.3) is 5.69 Å². The average molecular weight is 351 g/mol. The molecule has 1 aromatic carbocycles. The van der Waals surface area contributed by atoms with Gasteiger partial charge in [0.05, 0.1) is 17.6 Å². The molecule has 1 N–H and O–H groups in total. The molecule has 0 radical (unpaired) electrons. The van der Waals surface area contributed by atoms with E-state index < -0.39 is 22.7 Å². The first-order chi connectivity index (χ1) is 11.8. The number of carbonyl (C=O) groups is 1. The molecule has 3 rings (SSSR count). The molecule has 0 saturated heterocycles. The molecule has 25 heavy (non-hydrogen) atoms. The fourth-order valence-electron chi connectivity index (χ4n) is 3.42. The van der Waals surface area contributed by atoms with E-state index >= 15 is 0 Å². The van der Waals surface area contributed by atoms with Crippen LogP contribution in [0.25, 0.3) is 0 Å². The number of ketones is 1. The zero-order valence-corrected chi connectivity index (χ0v) is 14.1. The summed E-state index contributed by atoms with van der Waals surface area (Å²) in [5.41, 5.74) is -0.763. The molecule has 1 heterocycles. The Balaban J connectivity index is 1.98. The minimum atomic E-state index is -1.10. The SMILES string of the molecule is COCC1(C)Oc2ccc([N+](=O)[O-])cc2C(OC2CCC(=O)C2)C1O. The van der Waals surface area contributed by atoms with E-state index in [0.717, 1.165) is 0 Å². The average Bonchev–Trinajstić information content (AvgIpc) is 2.97. The van der Waals surface area contributed by atoms with Crippen molar-refractivity contribution in [1.29, 1.82) is 0 Å². The summed E-state index contributed by atoms with van der Waals surface area (Å²) < 4.78 is 17.1. The maximum Gasteiger partial charge on any atom is 0.270 e. The van der Waals surface area contributed by atoms with Crippen molar-refractivity contribution in [3.05, 3.63) is 33.9 Å². The third kappa shape index (κ3) is 3.37. The van der Waals surface area contributed by atoms with Crippen molar-refractivity contribution in [2.45, 2.75) is 50.1 Å². The number of aliphatic hydroxyl groups is 1. The minimum Gasteiger partial charge on any atom is -0.482 e. The number of ether oxygens (including phenoxy) is 3. The summed E-state index contributed by atoms with van der Waals surface area (Å²) in [6, 6.07) is 4.20. The van der Waals surface area contributed by atoms with Gasteiger partial charge in [0.15, 0.2) is 5.60 Å². The third-order valence-electron chi connectivity index (χ3n) is 4.74. The van der Waals surface area contributed by atoms with E-state index in [1.165, 1.54) is 25.3 Å². The maximum absolute atomic E-state index is 11.5. The van der Waals surface area contributed by atoms with Crippen LogP contribution in [0.15, 0.2) is 18.2 Å². The molecule has 0 aromatic heterocycles. The van der Waals surface area contributed by atoms with Gasteiger partial charge >= 0.3 is 0 Å². The lowest BCUT2D eigenvalue weighted by Crippen LogP contribution is -2.55. The van der Waals surface area contributed by atoms with Crippen LogP contribution in [0.4, 0.5) is 5.69 Å². The molecule has 0 amide bonds. The second kappa shape index (κ2) is 6.70. The highest BCUT2D eigenvalue weighted by Crippen LogP contribution is 2.44. The van der Waals surface area contributed by atoms with Gasteiger partial charge in [-0.25, -0.2) is 0 Å². The molecule has 4 unspecified atom stereocenters. The van der Waals surface area contributed by atoms with Crippen LogP contribution in [0.2, 0.25) is 0 Å². The van der Waals surface area contributed by atoms with Crippen molar-refractivity contribution in [3.8, 4) is 5.75 Å². The summed E-state index contributed by atoms with van der Waals surface area (Å²) in [4.78, 5) is 22.1. The first-order valence-corrected chi connectivity index (χ1v) is 8.15. The Morgan fingerprint density at radius 2 is 2.24 bits per heavy atom. The van der Waals surface area contributed by atoms with E-state index in [4.69, 9.17) is 14.2 Å². The summed E-state index contributed by atoms with van der Waals surface area (Å²) in [7, 11) is 1.50. The number of Topliss-reactive ketones (excluding diaryl/α,β-unsaturated/α-hetero) is 1. The van der Waals surface area contributed by atoms with Crippen LogP contribution in [-0.4, -0.2) is 47.3 Å². The highest BCUT2D eigenvalue weighted by molar-refractivity contribution is 5.81.